The number of fused-ring (bicyclic) bond motifs is 2. The first-order chi connectivity index (χ1) is 21.5. The predicted molar refractivity (Wildman–Crippen MR) is 151 cm³/mol. The molecule has 2 amide bonds. The summed E-state index contributed by atoms with van der Waals surface area (Å²) in [6.07, 6.45) is -6.90. The number of ether oxygens (including phenoxy) is 2. The van der Waals surface area contributed by atoms with Crippen molar-refractivity contribution in [2.75, 3.05) is 20.3 Å². The summed E-state index contributed by atoms with van der Waals surface area (Å²) < 4.78 is 98.3. The Kier molecular flexibility index (Phi) is 7.27. The maximum atomic E-state index is 14.7. The average Bonchev–Trinajstić information content (AvgIpc) is 3.38. The number of halogens is 6. The largest absolute Gasteiger partial charge is 0.494 e. The van der Waals surface area contributed by atoms with Crippen LogP contribution in [0.4, 0.5) is 26.3 Å². The lowest BCUT2D eigenvalue weighted by molar-refractivity contribution is -0.265. The van der Waals surface area contributed by atoms with Crippen molar-refractivity contribution in [1.29, 1.82) is 0 Å². The molecule has 1 aliphatic heterocycles. The van der Waals surface area contributed by atoms with Crippen LogP contribution in [0.5, 0.6) is 11.5 Å². The van der Waals surface area contributed by atoms with Gasteiger partial charge in [0.25, 0.3) is 5.91 Å². The quantitative estimate of drug-likeness (QED) is 0.228. The molecular formula is C29H25F6N5O5S. The minimum Gasteiger partial charge on any atom is -0.494 e. The van der Waals surface area contributed by atoms with Crippen LogP contribution in [0.1, 0.15) is 53.0 Å². The van der Waals surface area contributed by atoms with Gasteiger partial charge in [-0.25, -0.2) is 4.98 Å². The summed E-state index contributed by atoms with van der Waals surface area (Å²) in [5.74, 6) is -2.24. The summed E-state index contributed by atoms with van der Waals surface area (Å²) in [6.45, 7) is -0.743. The highest BCUT2D eigenvalue weighted by molar-refractivity contribution is 7.08. The van der Waals surface area contributed by atoms with Gasteiger partial charge in [-0.15, -0.1) is 0 Å². The molecular weight excluding hydrogens is 644 g/mol. The van der Waals surface area contributed by atoms with E-state index in [0.717, 1.165) is 29.7 Å². The van der Waals surface area contributed by atoms with E-state index in [0.29, 0.717) is 22.2 Å². The number of hydrogen-bond acceptors (Lipinski definition) is 8. The molecule has 1 saturated carbocycles. The molecule has 4 aromatic rings. The van der Waals surface area contributed by atoms with Crippen LogP contribution in [0.2, 0.25) is 0 Å². The van der Waals surface area contributed by atoms with Gasteiger partial charge in [-0.1, -0.05) is 0 Å². The Morgan fingerprint density at radius 3 is 2.52 bits per heavy atom. The highest BCUT2D eigenvalue weighted by Gasteiger charge is 2.58. The molecule has 6 rings (SSSR count). The first kappa shape index (κ1) is 31.6. The van der Waals surface area contributed by atoms with Crippen LogP contribution in [-0.2, 0) is 22.0 Å². The summed E-state index contributed by atoms with van der Waals surface area (Å²) in [7, 11) is 1.34. The summed E-state index contributed by atoms with van der Waals surface area (Å²) in [5.41, 5.74) is -3.82. The molecule has 2 atom stereocenters. The fraction of sp³-hybridized carbons (Fsp3) is 0.379. The maximum Gasteiger partial charge on any atom is 0.424 e. The van der Waals surface area contributed by atoms with Crippen molar-refractivity contribution < 1.29 is 50.5 Å². The van der Waals surface area contributed by atoms with E-state index in [4.69, 9.17) is 15.2 Å². The number of aliphatic hydroxyl groups is 1. The van der Waals surface area contributed by atoms with Gasteiger partial charge in [-0.3, -0.25) is 14.3 Å². The normalized spacial score (nSPS) is 19.4. The van der Waals surface area contributed by atoms with Crippen molar-refractivity contribution in [3.63, 3.8) is 0 Å². The second-order valence-electron chi connectivity index (χ2n) is 11.4. The zero-order chi connectivity index (χ0) is 33.4. The van der Waals surface area contributed by atoms with Crippen LogP contribution in [0.25, 0.3) is 22.2 Å². The number of methoxy groups -OCH3 is 1. The average molecular weight is 670 g/mol. The lowest BCUT2D eigenvalue weighted by Gasteiger charge is -2.31. The molecule has 0 radical (unpaired) electrons. The molecule has 1 fully saturated rings. The number of alkyl halides is 6. The molecule has 0 saturated heterocycles. The standard InChI is InChI=1S/C29H25F6N5O5S/c1-26(25(36)42)12-45-23-17(26)7-20(38-22(23)16-9-46-10-18(16)28(30,31)32)27(43,29(33,34)35)11-37-24(41)13-5-14-8-40(15-3-4-15)39-21(14)19(6-13)44-2/h5-10,15,43H,3-4,11-12H2,1-2H3,(H2,36,42)(H,37,41)/t26-,27?/m0/s1. The Morgan fingerprint density at radius 1 is 1.20 bits per heavy atom. The smallest absolute Gasteiger partial charge is 0.424 e. The minimum absolute atomic E-state index is 0.102. The lowest BCUT2D eigenvalue weighted by atomic mass is 9.81. The molecule has 3 aromatic heterocycles. The number of hydrogen-bond donors (Lipinski definition) is 3. The third kappa shape index (κ3) is 5.10. The number of nitrogens with two attached hydrogens (primary N) is 1. The van der Waals surface area contributed by atoms with E-state index in [1.165, 1.54) is 26.2 Å². The molecule has 46 heavy (non-hydrogen) atoms. The zero-order valence-electron chi connectivity index (χ0n) is 24.0. The molecule has 244 valence electrons. The lowest BCUT2D eigenvalue weighted by Crippen LogP contribution is -2.51. The van der Waals surface area contributed by atoms with Gasteiger partial charge in [-0.2, -0.15) is 42.8 Å². The fourth-order valence-electron chi connectivity index (χ4n) is 5.26. The molecule has 10 nitrogen and oxygen atoms in total. The number of amides is 2. The van der Waals surface area contributed by atoms with Gasteiger partial charge in [-0.05, 0) is 38.0 Å². The fourth-order valence-corrected chi connectivity index (χ4v) is 6.10. The monoisotopic (exact) mass is 669 g/mol. The van der Waals surface area contributed by atoms with Gasteiger partial charge in [0, 0.05) is 39.0 Å². The SMILES string of the molecule is COc1cc(C(=O)NCC(O)(c2cc3c(c(-c4cscc4C(F)(F)F)n2)OC[C@]3(C)C(N)=O)C(F)(F)F)cc2cn(C3CC3)nc12. The van der Waals surface area contributed by atoms with Gasteiger partial charge < -0.3 is 25.6 Å². The Hall–Kier alpha value is -4.38. The number of aromatic nitrogens is 3. The van der Waals surface area contributed by atoms with Crippen molar-refractivity contribution in [2.45, 2.75) is 49.2 Å². The first-order valence-corrected chi connectivity index (χ1v) is 14.7. The topological polar surface area (TPSA) is 142 Å². The van der Waals surface area contributed by atoms with Crippen LogP contribution in [0.3, 0.4) is 0 Å². The van der Waals surface area contributed by atoms with Crippen molar-refractivity contribution >= 4 is 34.1 Å². The molecule has 0 spiro atoms. The van der Waals surface area contributed by atoms with Gasteiger partial charge in [0.2, 0.25) is 11.5 Å². The van der Waals surface area contributed by atoms with Crippen LogP contribution < -0.4 is 20.5 Å². The van der Waals surface area contributed by atoms with Crippen LogP contribution in [0.15, 0.2) is 35.2 Å². The Morgan fingerprint density at radius 2 is 1.91 bits per heavy atom. The summed E-state index contributed by atoms with van der Waals surface area (Å²) in [6, 6.07) is 3.61. The van der Waals surface area contributed by atoms with Gasteiger partial charge >= 0.3 is 12.4 Å². The van der Waals surface area contributed by atoms with E-state index in [9.17, 15) is 41.0 Å². The number of carbonyl (C=O) groups excluding carboxylic acids is 2. The number of benzene rings is 1. The molecule has 1 aromatic carbocycles. The van der Waals surface area contributed by atoms with Gasteiger partial charge in [0.1, 0.15) is 34.7 Å². The number of thiophene rings is 1. The highest BCUT2D eigenvalue weighted by atomic mass is 32.1. The number of rotatable bonds is 8. The maximum absolute atomic E-state index is 14.7. The second-order valence-corrected chi connectivity index (χ2v) is 12.2. The number of nitrogens with zero attached hydrogens (tertiary/aromatic N) is 3. The van der Waals surface area contributed by atoms with E-state index in [-0.39, 0.29) is 28.7 Å². The Labute approximate surface area is 260 Å². The van der Waals surface area contributed by atoms with E-state index in [2.05, 4.69) is 15.4 Å². The van der Waals surface area contributed by atoms with Crippen molar-refractivity contribution in [3.05, 3.63) is 57.5 Å². The van der Waals surface area contributed by atoms with E-state index in [1.54, 1.807) is 10.9 Å². The van der Waals surface area contributed by atoms with E-state index < -0.39 is 70.8 Å². The molecule has 4 N–H and O–H groups in total. The predicted octanol–water partition coefficient (Wildman–Crippen LogP) is 4.84. The van der Waals surface area contributed by atoms with Crippen LogP contribution in [0, 0.1) is 0 Å². The number of nitrogens with one attached hydrogen (secondary N) is 1. The van der Waals surface area contributed by atoms with Gasteiger partial charge in [0.15, 0.2) is 0 Å². The van der Waals surface area contributed by atoms with E-state index >= 15 is 0 Å². The third-order valence-electron chi connectivity index (χ3n) is 8.23. The van der Waals surface area contributed by atoms with Crippen molar-refractivity contribution in [1.82, 2.24) is 20.1 Å². The van der Waals surface area contributed by atoms with Crippen molar-refractivity contribution in [3.8, 4) is 22.8 Å². The second kappa shape index (κ2) is 10.6. The van der Waals surface area contributed by atoms with Gasteiger partial charge in [0.05, 0.1) is 31.0 Å². The minimum atomic E-state index is -5.52. The highest BCUT2D eigenvalue weighted by Crippen LogP contribution is 2.50. The first-order valence-electron chi connectivity index (χ1n) is 13.7. The summed E-state index contributed by atoms with van der Waals surface area (Å²) in [5, 5.41) is 20.0. The number of pyridine rings is 1. The van der Waals surface area contributed by atoms with Crippen molar-refractivity contribution in [2.24, 2.45) is 5.73 Å². The molecule has 1 unspecified atom stereocenters. The molecule has 4 heterocycles. The molecule has 2 aliphatic rings. The van der Waals surface area contributed by atoms with E-state index in [1.807, 2.05) is 0 Å². The zero-order valence-corrected chi connectivity index (χ0v) is 24.9. The summed E-state index contributed by atoms with van der Waals surface area (Å²) in [4.78, 5) is 29.5. The van der Waals surface area contributed by atoms with Crippen LogP contribution >= 0.6 is 11.3 Å². The number of carbonyl (C=O) groups is 2. The summed E-state index contributed by atoms with van der Waals surface area (Å²) >= 11 is 0.615. The molecule has 17 heteroatoms. The number of primary amides is 1. The third-order valence-corrected chi connectivity index (χ3v) is 8.97. The molecule has 1 aliphatic carbocycles. The Balaban J connectivity index is 1.42. The Bertz CT molecular complexity index is 1880. The van der Waals surface area contributed by atoms with Crippen LogP contribution in [-0.4, -0.2) is 58.1 Å². The molecule has 0 bridgehead atoms.